The highest BCUT2D eigenvalue weighted by atomic mass is 35.5. The molecule has 2 bridgehead atoms. The molecule has 0 N–H and O–H groups in total. The Morgan fingerprint density at radius 3 is 1.77 bits per heavy atom. The number of allylic oxidation sites excluding steroid dienone is 2. The first-order chi connectivity index (χ1) is 18.6. The van der Waals surface area contributed by atoms with Crippen LogP contribution in [0, 0.1) is 28.9 Å². The normalized spacial score (nSPS) is 28.2. The third-order valence-electron chi connectivity index (χ3n) is 7.35. The number of nitro benzene ring substituents is 1. The predicted octanol–water partition coefficient (Wildman–Crippen LogP) is 5.59. The Bertz CT molecular complexity index is 1500. The smallest absolute Gasteiger partial charge is 0.273 e. The van der Waals surface area contributed by atoms with Crippen molar-refractivity contribution >= 4 is 98.8 Å². The van der Waals surface area contributed by atoms with E-state index in [9.17, 15) is 29.3 Å². The Balaban J connectivity index is 1.59. The summed E-state index contributed by atoms with van der Waals surface area (Å²) in [4.78, 5) is 60.9. The molecule has 1 saturated carbocycles. The second-order valence-corrected chi connectivity index (χ2v) is 12.8. The largest absolute Gasteiger partial charge is 0.292 e. The van der Waals surface area contributed by atoms with Crippen LogP contribution in [0.5, 0.6) is 0 Å². The van der Waals surface area contributed by atoms with Crippen molar-refractivity contribution in [3.8, 4) is 0 Å². The molecule has 0 spiro atoms. The zero-order valence-corrected chi connectivity index (χ0v) is 24.6. The summed E-state index contributed by atoms with van der Waals surface area (Å²) in [6.45, 7) is 1.05. The maximum atomic E-state index is 13.9. The number of aryl methyl sites for hydroxylation is 1. The third kappa shape index (κ3) is 3.68. The van der Waals surface area contributed by atoms with E-state index in [1.165, 1.54) is 12.1 Å². The Morgan fingerprint density at radius 1 is 0.875 bits per heavy atom. The lowest BCUT2D eigenvalue weighted by Gasteiger charge is -2.36. The minimum Gasteiger partial charge on any atom is -0.292 e. The van der Waals surface area contributed by atoms with E-state index in [0.29, 0.717) is 10.0 Å². The van der Waals surface area contributed by atoms with Gasteiger partial charge < -0.3 is 0 Å². The van der Waals surface area contributed by atoms with Gasteiger partial charge in [0.25, 0.3) is 23.4 Å². The maximum Gasteiger partial charge on any atom is 0.273 e. The van der Waals surface area contributed by atoms with Gasteiger partial charge in [0.05, 0.1) is 26.8 Å². The van der Waals surface area contributed by atoms with Gasteiger partial charge in [0.15, 0.2) is 10.1 Å². The van der Waals surface area contributed by atoms with Gasteiger partial charge in [0, 0.05) is 23.3 Å². The molecular weight excluding hydrogens is 651 g/mol. The number of alkyl halides is 4. The second kappa shape index (κ2) is 9.58. The fourth-order valence-electron chi connectivity index (χ4n) is 5.29. The molecule has 1 aliphatic heterocycles. The Hall–Kier alpha value is -2.40. The average molecular weight is 666 g/mol. The van der Waals surface area contributed by atoms with Crippen LogP contribution < -0.4 is 0 Å². The summed E-state index contributed by atoms with van der Waals surface area (Å²) in [6, 6.07) is 10.8. The number of amides is 3. The molecular formula is C25H15Cl6N3O6. The topological polar surface area (TPSA) is 118 Å². The molecule has 2 aliphatic carbocycles. The molecule has 2 aromatic rings. The monoisotopic (exact) mass is 663 g/mol. The number of carbonyl (C=O) groups excluding carboxylic acids is 4. The summed E-state index contributed by atoms with van der Waals surface area (Å²) in [5, 5.41) is 11.6. The second-order valence-electron chi connectivity index (χ2n) is 9.53. The van der Waals surface area contributed by atoms with E-state index in [0.717, 1.165) is 29.8 Å². The highest BCUT2D eigenvalue weighted by Gasteiger charge is 2.88. The Labute approximate surface area is 256 Å². The van der Waals surface area contributed by atoms with Crippen LogP contribution in [0.4, 0.5) is 5.69 Å². The first-order valence-electron chi connectivity index (χ1n) is 11.5. The summed E-state index contributed by atoms with van der Waals surface area (Å²) in [5.74, 6) is -6.74. The van der Waals surface area contributed by atoms with Gasteiger partial charge in [0.1, 0.15) is 16.3 Å². The zero-order chi connectivity index (χ0) is 29.5. The lowest BCUT2D eigenvalue weighted by atomic mass is 9.84. The molecule has 15 heteroatoms. The standard InChI is InChI=1S/C25H15Cl6N3O6/c1-11-2-4-12(5-3-11)15(35)10-32(20(36)13-6-8-14(9-7-13)34(39)40)33-21(37)16-17(22(33)38)24(29)19(27)18(26)23(16,28)25(24,30)31/h2-9,16-17H,10H2,1H3/t16-,17-,23-,24-/m1/s1. The lowest BCUT2D eigenvalue weighted by molar-refractivity contribution is -0.384. The average Bonchev–Trinajstić information content (AvgIpc) is 3.30. The van der Waals surface area contributed by atoms with Gasteiger partial charge in [-0.05, 0) is 19.1 Å². The van der Waals surface area contributed by atoms with Gasteiger partial charge in [-0.3, -0.25) is 29.3 Å². The summed E-state index contributed by atoms with van der Waals surface area (Å²) in [7, 11) is 0. The lowest BCUT2D eigenvalue weighted by Crippen LogP contribution is -2.56. The Kier molecular flexibility index (Phi) is 6.97. The molecule has 0 unspecified atom stereocenters. The molecule has 3 amide bonds. The molecule has 5 rings (SSSR count). The van der Waals surface area contributed by atoms with E-state index in [1.807, 2.05) is 6.92 Å². The number of benzene rings is 2. The molecule has 1 saturated heterocycles. The molecule has 0 aromatic heterocycles. The van der Waals surface area contributed by atoms with Gasteiger partial charge in [-0.15, -0.1) is 23.2 Å². The van der Waals surface area contributed by atoms with Crippen LogP contribution in [-0.4, -0.2) is 59.1 Å². The molecule has 1 heterocycles. The zero-order valence-electron chi connectivity index (χ0n) is 20.0. The van der Waals surface area contributed by atoms with Gasteiger partial charge in [-0.25, -0.2) is 5.01 Å². The summed E-state index contributed by atoms with van der Waals surface area (Å²) in [5.41, 5.74) is 0.613. The van der Waals surface area contributed by atoms with Crippen molar-refractivity contribution in [1.29, 1.82) is 0 Å². The number of imide groups is 1. The van der Waals surface area contributed by atoms with Crippen molar-refractivity contribution in [3.63, 3.8) is 0 Å². The van der Waals surface area contributed by atoms with Gasteiger partial charge in [-0.2, -0.15) is 5.01 Å². The molecule has 3 aliphatic rings. The summed E-state index contributed by atoms with van der Waals surface area (Å²) < 4.78 is -2.19. The first-order valence-corrected chi connectivity index (χ1v) is 13.7. The van der Waals surface area contributed by atoms with E-state index in [4.69, 9.17) is 69.6 Å². The molecule has 4 atom stereocenters. The van der Waals surface area contributed by atoms with E-state index in [-0.39, 0.29) is 26.9 Å². The predicted molar refractivity (Wildman–Crippen MR) is 149 cm³/mol. The number of Topliss-reactive ketones (excluding diaryl/α,β-unsaturated/α-hetero) is 1. The van der Waals surface area contributed by atoms with E-state index >= 15 is 0 Å². The summed E-state index contributed by atoms with van der Waals surface area (Å²) in [6.07, 6.45) is 0. The van der Waals surface area contributed by atoms with Crippen LogP contribution >= 0.6 is 69.6 Å². The fourth-order valence-corrected chi connectivity index (χ4v) is 8.22. The van der Waals surface area contributed by atoms with Crippen LogP contribution in [-0.2, 0) is 9.59 Å². The Morgan fingerprint density at radius 2 is 1.32 bits per heavy atom. The molecule has 208 valence electrons. The van der Waals surface area contributed by atoms with Crippen LogP contribution in [0.3, 0.4) is 0 Å². The van der Waals surface area contributed by atoms with Crippen molar-refractivity contribution in [3.05, 3.63) is 85.4 Å². The SMILES string of the molecule is Cc1ccc(C(=O)CN(C(=O)c2ccc([N+](=O)[O-])cc2)N2C(=O)[C@H]3[C@H](C2=O)[C@@]2(Cl)C(Cl)=C(Cl)[C@@]3(Cl)C2(Cl)Cl)cc1. The molecule has 2 aromatic carbocycles. The number of nitrogens with zero attached hydrogens (tertiary/aromatic N) is 3. The number of halogens is 6. The minimum atomic E-state index is -2.19. The summed E-state index contributed by atoms with van der Waals surface area (Å²) >= 11 is 39.2. The van der Waals surface area contributed by atoms with Crippen LogP contribution in [0.2, 0.25) is 0 Å². The van der Waals surface area contributed by atoms with E-state index in [1.54, 1.807) is 12.1 Å². The number of ketones is 1. The van der Waals surface area contributed by atoms with Crippen LogP contribution in [0.25, 0.3) is 0 Å². The van der Waals surface area contributed by atoms with Crippen molar-refractivity contribution in [2.24, 2.45) is 11.8 Å². The van der Waals surface area contributed by atoms with Crippen molar-refractivity contribution in [2.75, 3.05) is 6.54 Å². The first kappa shape index (κ1) is 29.1. The number of hydrogen-bond donors (Lipinski definition) is 0. The molecule has 9 nitrogen and oxygen atoms in total. The fraction of sp³-hybridized carbons (Fsp3) is 0.280. The van der Waals surface area contributed by atoms with Crippen molar-refractivity contribution in [1.82, 2.24) is 10.0 Å². The number of nitro groups is 1. The number of fused-ring (bicyclic) bond motifs is 5. The molecule has 2 fully saturated rings. The number of hydrazine groups is 1. The van der Waals surface area contributed by atoms with E-state index < -0.39 is 60.9 Å². The maximum absolute atomic E-state index is 13.9. The molecule has 40 heavy (non-hydrogen) atoms. The van der Waals surface area contributed by atoms with Crippen molar-refractivity contribution in [2.45, 2.75) is 21.0 Å². The highest BCUT2D eigenvalue weighted by molar-refractivity contribution is 6.66. The van der Waals surface area contributed by atoms with Crippen molar-refractivity contribution < 1.29 is 24.1 Å². The van der Waals surface area contributed by atoms with E-state index in [2.05, 4.69) is 0 Å². The quantitative estimate of drug-likeness (QED) is 0.131. The number of hydrogen-bond acceptors (Lipinski definition) is 6. The van der Waals surface area contributed by atoms with Crippen LogP contribution in [0.15, 0.2) is 58.6 Å². The highest BCUT2D eigenvalue weighted by Crippen LogP contribution is 2.77. The number of carbonyl (C=O) groups is 4. The minimum absolute atomic E-state index is 0.151. The van der Waals surface area contributed by atoms with Gasteiger partial charge in [0.2, 0.25) is 0 Å². The van der Waals surface area contributed by atoms with Gasteiger partial charge >= 0.3 is 0 Å². The molecule has 0 radical (unpaired) electrons. The van der Waals surface area contributed by atoms with Crippen LogP contribution in [0.1, 0.15) is 26.3 Å². The number of non-ortho nitro benzene ring substituents is 1. The number of rotatable bonds is 6. The van der Waals surface area contributed by atoms with Gasteiger partial charge in [-0.1, -0.05) is 76.2 Å². The third-order valence-corrected chi connectivity index (χ3v) is 11.6.